The molecular weight excluding hydrogens is 299 g/mol. The van der Waals surface area contributed by atoms with Crippen LogP contribution < -0.4 is 10.1 Å². The molecule has 2 atom stereocenters. The highest BCUT2D eigenvalue weighted by atomic mass is 19.4. The smallest absolute Gasteiger partial charge is 0.466 e. The minimum absolute atomic E-state index is 0.0692. The summed E-state index contributed by atoms with van der Waals surface area (Å²) in [6.45, 7) is 3.30. The molecule has 1 aliphatic rings. The van der Waals surface area contributed by atoms with Crippen molar-refractivity contribution < 1.29 is 27.4 Å². The molecule has 0 amide bonds. The number of esters is 1. The Labute approximate surface area is 126 Å². The molecule has 1 fully saturated rings. The van der Waals surface area contributed by atoms with Gasteiger partial charge in [-0.1, -0.05) is 12.1 Å². The molecular formula is C15H18F3NO3. The van der Waals surface area contributed by atoms with Crippen molar-refractivity contribution in [1.82, 2.24) is 5.32 Å². The van der Waals surface area contributed by atoms with Crippen LogP contribution >= 0.6 is 0 Å². The first kappa shape index (κ1) is 16.6. The lowest BCUT2D eigenvalue weighted by atomic mass is 9.81. The minimum Gasteiger partial charge on any atom is -0.466 e. The monoisotopic (exact) mass is 317 g/mol. The maximum absolute atomic E-state index is 12.2. The number of hydrogen-bond donors (Lipinski definition) is 1. The first-order chi connectivity index (χ1) is 10.4. The number of carbonyl (C=O) groups is 1. The SMILES string of the molecule is CCOC(=O)[C@H]1CNCC[C@H]1c1ccc(OC(F)(F)F)cc1. The molecule has 7 heteroatoms. The van der Waals surface area contributed by atoms with Gasteiger partial charge in [-0.2, -0.15) is 0 Å². The predicted octanol–water partition coefficient (Wildman–Crippen LogP) is 2.84. The average molecular weight is 317 g/mol. The van der Waals surface area contributed by atoms with E-state index in [-0.39, 0.29) is 23.6 Å². The Morgan fingerprint density at radius 2 is 2.00 bits per heavy atom. The number of hydrogen-bond acceptors (Lipinski definition) is 4. The Kier molecular flexibility index (Phi) is 5.28. The van der Waals surface area contributed by atoms with Crippen molar-refractivity contribution in [2.24, 2.45) is 5.92 Å². The summed E-state index contributed by atoms with van der Waals surface area (Å²) in [6.07, 6.45) is -3.98. The Morgan fingerprint density at radius 1 is 1.32 bits per heavy atom. The number of benzene rings is 1. The molecule has 1 aromatic rings. The van der Waals surface area contributed by atoms with Gasteiger partial charge in [-0.3, -0.25) is 4.79 Å². The van der Waals surface area contributed by atoms with Gasteiger partial charge in [-0.25, -0.2) is 0 Å². The van der Waals surface area contributed by atoms with Crippen molar-refractivity contribution in [2.75, 3.05) is 19.7 Å². The van der Waals surface area contributed by atoms with Crippen molar-refractivity contribution in [1.29, 1.82) is 0 Å². The third-order valence-electron chi connectivity index (χ3n) is 3.61. The normalized spacial score (nSPS) is 22.2. The van der Waals surface area contributed by atoms with E-state index >= 15 is 0 Å². The van der Waals surface area contributed by atoms with Gasteiger partial charge in [0.15, 0.2) is 0 Å². The van der Waals surface area contributed by atoms with Gasteiger partial charge in [0.25, 0.3) is 0 Å². The topological polar surface area (TPSA) is 47.6 Å². The van der Waals surface area contributed by atoms with E-state index in [4.69, 9.17) is 4.74 Å². The summed E-state index contributed by atoms with van der Waals surface area (Å²) in [5.74, 6) is -0.948. The van der Waals surface area contributed by atoms with Crippen molar-refractivity contribution in [3.8, 4) is 5.75 Å². The second-order valence-corrected chi connectivity index (χ2v) is 5.07. The van der Waals surface area contributed by atoms with Gasteiger partial charge < -0.3 is 14.8 Å². The first-order valence-corrected chi connectivity index (χ1v) is 7.13. The molecule has 122 valence electrons. The number of ether oxygens (including phenoxy) is 2. The number of carbonyl (C=O) groups excluding carboxylic acids is 1. The Balaban J connectivity index is 2.12. The van der Waals surface area contributed by atoms with E-state index < -0.39 is 6.36 Å². The molecule has 0 saturated carbocycles. The number of piperidine rings is 1. The van der Waals surface area contributed by atoms with E-state index in [2.05, 4.69) is 10.1 Å². The number of halogens is 3. The molecule has 0 radical (unpaired) electrons. The van der Waals surface area contributed by atoms with Gasteiger partial charge >= 0.3 is 12.3 Å². The zero-order chi connectivity index (χ0) is 16.2. The Hall–Kier alpha value is -1.76. The molecule has 2 rings (SSSR count). The molecule has 0 aliphatic carbocycles. The van der Waals surface area contributed by atoms with E-state index in [1.807, 2.05) is 0 Å². The predicted molar refractivity (Wildman–Crippen MR) is 73.5 cm³/mol. The van der Waals surface area contributed by atoms with Gasteiger partial charge in [0.05, 0.1) is 12.5 Å². The van der Waals surface area contributed by atoms with Crippen molar-refractivity contribution in [3.63, 3.8) is 0 Å². The molecule has 1 N–H and O–H groups in total. The van der Waals surface area contributed by atoms with E-state index in [1.165, 1.54) is 12.1 Å². The lowest BCUT2D eigenvalue weighted by molar-refractivity contribution is -0.274. The zero-order valence-corrected chi connectivity index (χ0v) is 12.2. The van der Waals surface area contributed by atoms with Crippen LogP contribution in [-0.4, -0.2) is 32.0 Å². The summed E-state index contributed by atoms with van der Waals surface area (Å²) in [5, 5.41) is 3.14. The van der Waals surface area contributed by atoms with Gasteiger partial charge in [0.1, 0.15) is 5.75 Å². The van der Waals surface area contributed by atoms with E-state index in [0.29, 0.717) is 13.2 Å². The van der Waals surface area contributed by atoms with Crippen LogP contribution in [0.5, 0.6) is 5.75 Å². The summed E-state index contributed by atoms with van der Waals surface area (Å²) in [4.78, 5) is 12.0. The van der Waals surface area contributed by atoms with Gasteiger partial charge in [0.2, 0.25) is 0 Å². The second-order valence-electron chi connectivity index (χ2n) is 5.07. The fraction of sp³-hybridized carbons (Fsp3) is 0.533. The second kappa shape index (κ2) is 7.00. The maximum atomic E-state index is 12.2. The molecule has 0 bridgehead atoms. The molecule has 1 saturated heterocycles. The summed E-state index contributed by atoms with van der Waals surface area (Å²) in [6, 6.07) is 5.69. The lowest BCUT2D eigenvalue weighted by Crippen LogP contribution is -2.40. The van der Waals surface area contributed by atoms with Crippen LogP contribution in [0.2, 0.25) is 0 Å². The van der Waals surface area contributed by atoms with Gasteiger partial charge in [0, 0.05) is 6.54 Å². The van der Waals surface area contributed by atoms with Gasteiger partial charge in [-0.15, -0.1) is 13.2 Å². The fourth-order valence-electron chi connectivity index (χ4n) is 2.67. The third-order valence-corrected chi connectivity index (χ3v) is 3.61. The average Bonchev–Trinajstić information content (AvgIpc) is 2.47. The minimum atomic E-state index is -4.70. The number of alkyl halides is 3. The molecule has 1 aliphatic heterocycles. The maximum Gasteiger partial charge on any atom is 0.573 e. The van der Waals surface area contributed by atoms with E-state index in [0.717, 1.165) is 18.5 Å². The quantitative estimate of drug-likeness (QED) is 0.868. The highest BCUT2D eigenvalue weighted by Crippen LogP contribution is 2.33. The van der Waals surface area contributed by atoms with Crippen LogP contribution in [0.4, 0.5) is 13.2 Å². The summed E-state index contributed by atoms with van der Waals surface area (Å²) >= 11 is 0. The van der Waals surface area contributed by atoms with Gasteiger partial charge in [-0.05, 0) is 43.5 Å². The van der Waals surface area contributed by atoms with Crippen LogP contribution in [0.25, 0.3) is 0 Å². The largest absolute Gasteiger partial charge is 0.573 e. The van der Waals surface area contributed by atoms with Crippen molar-refractivity contribution >= 4 is 5.97 Å². The lowest BCUT2D eigenvalue weighted by Gasteiger charge is -2.31. The van der Waals surface area contributed by atoms with Crippen LogP contribution in [0.3, 0.4) is 0 Å². The summed E-state index contributed by atoms with van der Waals surface area (Å²) < 4.78 is 45.4. The van der Waals surface area contributed by atoms with Crippen molar-refractivity contribution in [2.45, 2.75) is 25.6 Å². The Bertz CT molecular complexity index is 502. The number of nitrogens with one attached hydrogen (secondary N) is 1. The van der Waals surface area contributed by atoms with Crippen LogP contribution in [0, 0.1) is 5.92 Å². The highest BCUT2D eigenvalue weighted by molar-refractivity contribution is 5.74. The van der Waals surface area contributed by atoms with Crippen LogP contribution in [0.1, 0.15) is 24.8 Å². The third kappa shape index (κ3) is 4.37. The Morgan fingerprint density at radius 3 is 2.59 bits per heavy atom. The number of rotatable bonds is 4. The molecule has 0 aromatic heterocycles. The molecule has 1 aromatic carbocycles. The van der Waals surface area contributed by atoms with Crippen LogP contribution in [-0.2, 0) is 9.53 Å². The summed E-state index contributed by atoms with van der Waals surface area (Å²) in [5.41, 5.74) is 0.814. The molecule has 22 heavy (non-hydrogen) atoms. The zero-order valence-electron chi connectivity index (χ0n) is 12.2. The molecule has 4 nitrogen and oxygen atoms in total. The standard InChI is InChI=1S/C15H18F3NO3/c1-2-21-14(20)13-9-19-8-7-12(13)10-3-5-11(6-4-10)22-15(16,17)18/h3-6,12-13,19H,2,7-9H2,1H3/t12-,13-/m0/s1. The van der Waals surface area contributed by atoms with Crippen molar-refractivity contribution in [3.05, 3.63) is 29.8 Å². The first-order valence-electron chi connectivity index (χ1n) is 7.13. The highest BCUT2D eigenvalue weighted by Gasteiger charge is 2.34. The molecule has 1 heterocycles. The molecule has 0 spiro atoms. The fourth-order valence-corrected chi connectivity index (χ4v) is 2.67. The van der Waals surface area contributed by atoms with Crippen LogP contribution in [0.15, 0.2) is 24.3 Å². The molecule has 0 unspecified atom stereocenters. The van der Waals surface area contributed by atoms with E-state index in [9.17, 15) is 18.0 Å². The summed E-state index contributed by atoms with van der Waals surface area (Å²) in [7, 11) is 0. The van der Waals surface area contributed by atoms with E-state index in [1.54, 1.807) is 19.1 Å².